The maximum atomic E-state index is 8.90. The van der Waals surface area contributed by atoms with Gasteiger partial charge in [-0.3, -0.25) is 4.98 Å². The molecule has 0 amide bonds. The van der Waals surface area contributed by atoms with Crippen LogP contribution < -0.4 is 0 Å². The van der Waals surface area contributed by atoms with E-state index in [0.717, 1.165) is 0 Å². The zero-order valence-electron chi connectivity index (χ0n) is 25.1. The second kappa shape index (κ2) is 8.60. The van der Waals surface area contributed by atoms with Gasteiger partial charge in [-0.05, 0) is 66.1 Å². The Morgan fingerprint density at radius 2 is 1.53 bits per heavy atom. The van der Waals surface area contributed by atoms with Crippen LogP contribution in [0, 0.1) is 6.85 Å². The van der Waals surface area contributed by atoms with Crippen LogP contribution in [0.1, 0.15) is 37.5 Å². The van der Waals surface area contributed by atoms with E-state index in [1.807, 2.05) is 6.07 Å². The molecule has 0 aliphatic heterocycles. The maximum Gasteiger partial charge on any atom is 0.227 e. The molecule has 0 unspecified atom stereocenters. The van der Waals surface area contributed by atoms with Crippen LogP contribution in [0.3, 0.4) is 0 Å². The summed E-state index contributed by atoms with van der Waals surface area (Å²) in [6.45, 7) is -2.69. The third-order valence-electron chi connectivity index (χ3n) is 5.64. The first-order valence-corrected chi connectivity index (χ1v) is 10.9. The van der Waals surface area contributed by atoms with Gasteiger partial charge in [-0.1, -0.05) is 72.8 Å². The molecule has 3 aromatic carbocycles. The van der Waals surface area contributed by atoms with E-state index in [1.54, 1.807) is 91.1 Å². The van der Waals surface area contributed by atoms with E-state index in [0.29, 0.717) is 44.3 Å². The Labute approximate surface area is 208 Å². The van der Waals surface area contributed by atoms with Crippen molar-refractivity contribution in [2.24, 2.45) is 0 Å². The van der Waals surface area contributed by atoms with Gasteiger partial charge in [-0.25, -0.2) is 4.98 Å². The fraction of sp³-hybridized carbons (Fsp3) is 0.0968. The van der Waals surface area contributed by atoms with Crippen molar-refractivity contribution in [3.05, 3.63) is 131 Å². The third kappa shape index (κ3) is 3.86. The SMILES string of the molecule is [2H]C([2H])([2H])c1nc2oc3c(-c4cc(C([2H])([2H])c5ccccc5)ccn4)cccc3c2cc1C([2H])([2H])c1ccccc1. The van der Waals surface area contributed by atoms with Crippen LogP contribution in [-0.4, -0.2) is 9.97 Å². The monoisotopic (exact) mass is 447 g/mol. The highest BCUT2D eigenvalue weighted by Crippen LogP contribution is 2.35. The molecule has 3 aromatic heterocycles. The molecule has 164 valence electrons. The van der Waals surface area contributed by atoms with Crippen LogP contribution in [0.4, 0.5) is 0 Å². The fourth-order valence-electron chi connectivity index (χ4n) is 4.04. The number of fused-ring (bicyclic) bond motifs is 3. The molecule has 0 spiro atoms. The normalized spacial score (nSPS) is 15.6. The van der Waals surface area contributed by atoms with Gasteiger partial charge in [0.25, 0.3) is 0 Å². The van der Waals surface area contributed by atoms with Gasteiger partial charge in [0.2, 0.25) is 5.71 Å². The van der Waals surface area contributed by atoms with Crippen molar-refractivity contribution in [3.63, 3.8) is 0 Å². The number of benzene rings is 3. The van der Waals surface area contributed by atoms with Crippen molar-refractivity contribution in [3.8, 4) is 11.3 Å². The molecule has 0 aliphatic rings. The molecule has 3 heteroatoms. The van der Waals surface area contributed by atoms with Crippen molar-refractivity contribution < 1.29 is 14.0 Å². The Hall–Kier alpha value is -4.24. The Morgan fingerprint density at radius 1 is 0.765 bits per heavy atom. The molecule has 34 heavy (non-hydrogen) atoms. The number of aromatic nitrogens is 2. The lowest BCUT2D eigenvalue weighted by Crippen LogP contribution is -1.94. The summed E-state index contributed by atoms with van der Waals surface area (Å²) in [6.07, 6.45) is -2.36. The smallest absolute Gasteiger partial charge is 0.227 e. The minimum Gasteiger partial charge on any atom is -0.437 e. The number of pyridine rings is 2. The van der Waals surface area contributed by atoms with E-state index in [2.05, 4.69) is 9.97 Å². The molecular weight excluding hydrogens is 416 g/mol. The molecule has 3 nitrogen and oxygen atoms in total. The summed E-state index contributed by atoms with van der Waals surface area (Å²) in [6, 6.07) is 27.5. The van der Waals surface area contributed by atoms with Crippen molar-refractivity contribution in [1.29, 1.82) is 0 Å². The predicted octanol–water partition coefficient (Wildman–Crippen LogP) is 7.53. The average molecular weight is 448 g/mol. The van der Waals surface area contributed by atoms with Crippen molar-refractivity contribution in [1.82, 2.24) is 9.97 Å². The van der Waals surface area contributed by atoms with Gasteiger partial charge < -0.3 is 4.42 Å². The highest BCUT2D eigenvalue weighted by Gasteiger charge is 2.16. The highest BCUT2D eigenvalue weighted by atomic mass is 16.3. The van der Waals surface area contributed by atoms with Crippen LogP contribution in [0.15, 0.2) is 108 Å². The summed E-state index contributed by atoms with van der Waals surface area (Å²) < 4.78 is 65.8. The van der Waals surface area contributed by atoms with Crippen LogP contribution in [-0.2, 0) is 12.7 Å². The van der Waals surface area contributed by atoms with Gasteiger partial charge in [-0.15, -0.1) is 0 Å². The Morgan fingerprint density at radius 3 is 2.29 bits per heavy atom. The lowest BCUT2D eigenvalue weighted by atomic mass is 10.0. The summed E-state index contributed by atoms with van der Waals surface area (Å²) in [5.74, 6) is 0. The van der Waals surface area contributed by atoms with E-state index in [4.69, 9.17) is 14.0 Å². The predicted molar refractivity (Wildman–Crippen MR) is 138 cm³/mol. The number of hydrogen-bond acceptors (Lipinski definition) is 3. The minimum absolute atomic E-state index is 0.0551. The molecule has 6 rings (SSSR count). The van der Waals surface area contributed by atoms with Gasteiger partial charge in [0.1, 0.15) is 5.58 Å². The molecule has 0 saturated carbocycles. The second-order valence-corrected chi connectivity index (χ2v) is 7.93. The van der Waals surface area contributed by atoms with E-state index < -0.39 is 19.6 Å². The fourth-order valence-corrected chi connectivity index (χ4v) is 4.04. The highest BCUT2D eigenvalue weighted by molar-refractivity contribution is 6.08. The largest absolute Gasteiger partial charge is 0.437 e. The van der Waals surface area contributed by atoms with Crippen LogP contribution >= 0.6 is 0 Å². The van der Waals surface area contributed by atoms with E-state index in [9.17, 15) is 0 Å². The van der Waals surface area contributed by atoms with E-state index in [-0.39, 0.29) is 17.0 Å². The summed E-state index contributed by atoms with van der Waals surface area (Å²) in [4.78, 5) is 8.85. The first kappa shape index (κ1) is 14.1. The van der Waals surface area contributed by atoms with Gasteiger partial charge in [-0.2, -0.15) is 0 Å². The van der Waals surface area contributed by atoms with E-state index in [1.165, 1.54) is 6.07 Å². The zero-order chi connectivity index (χ0) is 29.0. The zero-order valence-corrected chi connectivity index (χ0v) is 18.1. The summed E-state index contributed by atoms with van der Waals surface area (Å²) in [7, 11) is 0. The Bertz CT molecular complexity index is 1880. The molecule has 0 atom stereocenters. The van der Waals surface area contributed by atoms with Crippen LogP contribution in [0.25, 0.3) is 33.3 Å². The number of furan rings is 1. The molecule has 0 radical (unpaired) electrons. The standard InChI is InChI=1S/C31H24N2O/c1-21-25(18-23-11-6-3-7-12-23)20-28-26-13-8-14-27(30(26)34-31(28)33-21)29-19-24(15-16-32-29)17-22-9-4-2-5-10-22/h2-16,19-20H,17-18H2,1H3/i1D3,17D2,18D2. The van der Waals surface area contributed by atoms with Crippen molar-refractivity contribution >= 4 is 22.1 Å². The topological polar surface area (TPSA) is 38.9 Å². The van der Waals surface area contributed by atoms with Crippen molar-refractivity contribution in [2.75, 3.05) is 0 Å². The lowest BCUT2D eigenvalue weighted by Gasteiger charge is -2.06. The summed E-state index contributed by atoms with van der Waals surface area (Å²) >= 11 is 0. The van der Waals surface area contributed by atoms with Gasteiger partial charge >= 0.3 is 0 Å². The number of rotatable bonds is 5. The molecule has 0 N–H and O–H groups in total. The first-order chi connectivity index (χ1) is 19.5. The quantitative estimate of drug-likeness (QED) is 0.274. The molecule has 0 aliphatic carbocycles. The van der Waals surface area contributed by atoms with Crippen molar-refractivity contribution in [2.45, 2.75) is 19.6 Å². The van der Waals surface area contributed by atoms with Gasteiger partial charge in [0, 0.05) is 37.8 Å². The second-order valence-electron chi connectivity index (χ2n) is 7.93. The molecular formula is C31H24N2O. The number of aryl methyl sites for hydroxylation is 1. The number of nitrogens with zero attached hydrogens (tertiary/aromatic N) is 2. The summed E-state index contributed by atoms with van der Waals surface area (Å²) in [5.41, 5.74) is 2.35. The number of para-hydroxylation sites is 1. The molecule has 0 bridgehead atoms. The lowest BCUT2D eigenvalue weighted by molar-refractivity contribution is 0.653. The molecule has 0 saturated heterocycles. The Balaban J connectivity index is 1.55. The van der Waals surface area contributed by atoms with Gasteiger partial charge in [0.05, 0.1) is 5.69 Å². The molecule has 0 fully saturated rings. The molecule has 3 heterocycles. The minimum atomic E-state index is -2.69. The van der Waals surface area contributed by atoms with E-state index >= 15 is 0 Å². The van der Waals surface area contributed by atoms with Crippen LogP contribution in [0.2, 0.25) is 0 Å². The summed E-state index contributed by atoms with van der Waals surface area (Å²) in [5, 5.41) is 1.09. The Kier molecular flexibility index (Phi) is 3.57. The maximum absolute atomic E-state index is 8.90. The average Bonchev–Trinajstić information content (AvgIpc) is 3.35. The van der Waals surface area contributed by atoms with Gasteiger partial charge in [0.15, 0.2) is 0 Å². The molecule has 6 aromatic rings. The third-order valence-corrected chi connectivity index (χ3v) is 5.64. The van der Waals surface area contributed by atoms with Crippen LogP contribution in [0.5, 0.6) is 0 Å². The first-order valence-electron chi connectivity index (χ1n) is 14.4. The number of hydrogen-bond donors (Lipinski definition) is 0.